The van der Waals surface area contributed by atoms with Crippen LogP contribution >= 0.6 is 0 Å². The Bertz CT molecular complexity index is 1000. The van der Waals surface area contributed by atoms with E-state index in [2.05, 4.69) is 28.6 Å². The van der Waals surface area contributed by atoms with Crippen molar-refractivity contribution in [3.63, 3.8) is 0 Å². The van der Waals surface area contributed by atoms with Gasteiger partial charge in [-0.15, -0.1) is 0 Å². The first-order chi connectivity index (χ1) is 18.7. The Morgan fingerprint density at radius 3 is 2.51 bits per heavy atom. The number of carbonyl (C=O) groups excluding carboxylic acids is 2. The number of aromatic nitrogens is 1. The maximum absolute atomic E-state index is 13.4. The van der Waals surface area contributed by atoms with E-state index in [0.717, 1.165) is 108 Å². The normalized spacial score (nSPS) is 27.3. The summed E-state index contributed by atoms with van der Waals surface area (Å²) in [5, 5.41) is 0. The summed E-state index contributed by atoms with van der Waals surface area (Å²) in [7, 11) is 0. The zero-order chi connectivity index (χ0) is 27.6. The van der Waals surface area contributed by atoms with Gasteiger partial charge in [0.2, 0.25) is 5.91 Å². The number of piperidine rings is 3. The average Bonchev–Trinajstić information content (AvgIpc) is 3.43. The molecule has 4 saturated heterocycles. The molecule has 216 valence electrons. The van der Waals surface area contributed by atoms with Gasteiger partial charge in [0, 0.05) is 56.9 Å². The van der Waals surface area contributed by atoms with Gasteiger partial charge in [0.1, 0.15) is 0 Å². The highest BCUT2D eigenvalue weighted by atomic mass is 16.5. The number of hydrogen-bond donors (Lipinski definition) is 0. The van der Waals surface area contributed by atoms with E-state index in [0.29, 0.717) is 17.7 Å². The van der Waals surface area contributed by atoms with Crippen LogP contribution in [0.25, 0.3) is 0 Å². The minimum Gasteiger partial charge on any atom is -0.381 e. The lowest BCUT2D eigenvalue weighted by Gasteiger charge is -2.55. The van der Waals surface area contributed by atoms with Gasteiger partial charge in [0.25, 0.3) is 5.91 Å². The number of carbonyl (C=O) groups is 2. The molecule has 7 heteroatoms. The highest BCUT2D eigenvalue weighted by Gasteiger charge is 2.50. The van der Waals surface area contributed by atoms with Crippen LogP contribution in [0.15, 0.2) is 12.3 Å². The number of likely N-dealkylation sites (tertiary alicyclic amines) is 3. The highest BCUT2D eigenvalue weighted by molar-refractivity contribution is 5.96. The van der Waals surface area contributed by atoms with Gasteiger partial charge in [-0.1, -0.05) is 19.8 Å². The van der Waals surface area contributed by atoms with E-state index < -0.39 is 0 Å². The molecule has 0 radical (unpaired) electrons. The molecule has 5 heterocycles. The zero-order valence-corrected chi connectivity index (χ0v) is 24.8. The molecule has 4 aliphatic heterocycles. The van der Waals surface area contributed by atoms with Crippen LogP contribution in [0.2, 0.25) is 0 Å². The SMILES string of the molecule is CCCCC1CN(CC2CCOC2)C(=O)CC12CCN(C1(C)CCN(C(=O)c3c(C)ccnc3C)CC1)CC2. The van der Waals surface area contributed by atoms with Crippen molar-refractivity contribution in [1.29, 1.82) is 0 Å². The monoisotopic (exact) mass is 538 g/mol. The van der Waals surface area contributed by atoms with Crippen molar-refractivity contribution in [1.82, 2.24) is 19.7 Å². The molecule has 4 aliphatic rings. The summed E-state index contributed by atoms with van der Waals surface area (Å²) < 4.78 is 5.60. The molecule has 1 spiro atoms. The minimum atomic E-state index is 0.115. The predicted octanol–water partition coefficient (Wildman–Crippen LogP) is 4.85. The number of nitrogens with zero attached hydrogens (tertiary/aromatic N) is 4. The molecule has 0 N–H and O–H groups in total. The number of rotatable bonds is 7. The van der Waals surface area contributed by atoms with Crippen LogP contribution in [-0.2, 0) is 9.53 Å². The van der Waals surface area contributed by atoms with Gasteiger partial charge in [-0.2, -0.15) is 0 Å². The largest absolute Gasteiger partial charge is 0.381 e. The summed E-state index contributed by atoms with van der Waals surface area (Å²) in [6.45, 7) is 15.8. The van der Waals surface area contributed by atoms with Crippen LogP contribution in [0.3, 0.4) is 0 Å². The number of amides is 2. The van der Waals surface area contributed by atoms with E-state index in [1.165, 1.54) is 19.3 Å². The molecule has 4 fully saturated rings. The first-order valence-electron chi connectivity index (χ1n) is 15.6. The lowest BCUT2D eigenvalue weighted by atomic mass is 9.62. The molecular formula is C32H50N4O3. The van der Waals surface area contributed by atoms with E-state index in [1.54, 1.807) is 6.20 Å². The van der Waals surface area contributed by atoms with Crippen molar-refractivity contribution >= 4 is 11.8 Å². The zero-order valence-electron chi connectivity index (χ0n) is 24.8. The van der Waals surface area contributed by atoms with Gasteiger partial charge in [0.15, 0.2) is 0 Å². The molecule has 1 aromatic heterocycles. The van der Waals surface area contributed by atoms with Crippen molar-refractivity contribution in [3.8, 4) is 0 Å². The van der Waals surface area contributed by atoms with Crippen LogP contribution in [0.5, 0.6) is 0 Å². The van der Waals surface area contributed by atoms with Crippen LogP contribution in [-0.4, -0.2) is 89.5 Å². The molecule has 0 aromatic carbocycles. The topological polar surface area (TPSA) is 66.0 Å². The van der Waals surface area contributed by atoms with Crippen molar-refractivity contribution in [2.75, 3.05) is 52.5 Å². The fraction of sp³-hybridized carbons (Fsp3) is 0.781. The van der Waals surface area contributed by atoms with Gasteiger partial charge >= 0.3 is 0 Å². The molecule has 0 saturated carbocycles. The first-order valence-corrected chi connectivity index (χ1v) is 15.6. The highest BCUT2D eigenvalue weighted by Crippen LogP contribution is 2.49. The first kappa shape index (κ1) is 28.5. The molecular weight excluding hydrogens is 488 g/mol. The molecule has 0 aliphatic carbocycles. The summed E-state index contributed by atoms with van der Waals surface area (Å²) in [6.07, 6.45) is 11.6. The molecule has 2 amide bonds. The number of unbranched alkanes of at least 4 members (excludes halogenated alkanes) is 1. The molecule has 2 unspecified atom stereocenters. The Kier molecular flexibility index (Phi) is 8.68. The van der Waals surface area contributed by atoms with E-state index in [1.807, 2.05) is 24.8 Å². The van der Waals surface area contributed by atoms with Crippen LogP contribution < -0.4 is 0 Å². The minimum absolute atomic E-state index is 0.115. The Balaban J connectivity index is 1.20. The van der Waals surface area contributed by atoms with E-state index in [9.17, 15) is 9.59 Å². The van der Waals surface area contributed by atoms with Crippen molar-refractivity contribution in [3.05, 3.63) is 29.1 Å². The Morgan fingerprint density at radius 2 is 1.87 bits per heavy atom. The van der Waals surface area contributed by atoms with Crippen LogP contribution in [0, 0.1) is 31.1 Å². The number of aryl methyl sites for hydroxylation is 2. The molecule has 39 heavy (non-hydrogen) atoms. The molecule has 1 aromatic rings. The Morgan fingerprint density at radius 1 is 1.13 bits per heavy atom. The summed E-state index contributed by atoms with van der Waals surface area (Å²) in [6, 6.07) is 1.93. The smallest absolute Gasteiger partial charge is 0.255 e. The number of pyridine rings is 1. The Labute approximate surface area is 235 Å². The second-order valence-corrected chi connectivity index (χ2v) is 13.3. The third kappa shape index (κ3) is 5.90. The summed E-state index contributed by atoms with van der Waals surface area (Å²) in [5.41, 5.74) is 2.88. The summed E-state index contributed by atoms with van der Waals surface area (Å²) in [5.74, 6) is 1.63. The quantitative estimate of drug-likeness (QED) is 0.497. The average molecular weight is 539 g/mol. The van der Waals surface area contributed by atoms with Gasteiger partial charge in [-0.3, -0.25) is 19.5 Å². The van der Waals surface area contributed by atoms with Crippen molar-refractivity contribution in [2.24, 2.45) is 17.3 Å². The fourth-order valence-electron chi connectivity index (χ4n) is 7.94. The summed E-state index contributed by atoms with van der Waals surface area (Å²) >= 11 is 0. The van der Waals surface area contributed by atoms with Gasteiger partial charge in [0.05, 0.1) is 17.9 Å². The summed E-state index contributed by atoms with van der Waals surface area (Å²) in [4.78, 5) is 38.1. The van der Waals surface area contributed by atoms with E-state index in [4.69, 9.17) is 4.74 Å². The third-order valence-electron chi connectivity index (χ3n) is 10.8. The number of ether oxygens (including phenoxy) is 1. The van der Waals surface area contributed by atoms with Crippen molar-refractivity contribution in [2.45, 2.75) is 91.0 Å². The van der Waals surface area contributed by atoms with E-state index in [-0.39, 0.29) is 16.9 Å². The lowest BCUT2D eigenvalue weighted by Crippen LogP contribution is -2.60. The molecule has 0 bridgehead atoms. The second-order valence-electron chi connectivity index (χ2n) is 13.3. The Hall–Kier alpha value is -1.99. The van der Waals surface area contributed by atoms with Gasteiger partial charge < -0.3 is 14.5 Å². The number of hydrogen-bond acceptors (Lipinski definition) is 5. The van der Waals surface area contributed by atoms with Crippen LogP contribution in [0.1, 0.15) is 93.3 Å². The van der Waals surface area contributed by atoms with Gasteiger partial charge in [-0.05, 0) is 95.3 Å². The van der Waals surface area contributed by atoms with E-state index >= 15 is 0 Å². The van der Waals surface area contributed by atoms with Gasteiger partial charge in [-0.25, -0.2) is 0 Å². The molecule has 5 rings (SSSR count). The van der Waals surface area contributed by atoms with Crippen LogP contribution in [0.4, 0.5) is 0 Å². The van der Waals surface area contributed by atoms with Crippen molar-refractivity contribution < 1.29 is 14.3 Å². The third-order valence-corrected chi connectivity index (χ3v) is 10.8. The maximum Gasteiger partial charge on any atom is 0.255 e. The fourth-order valence-corrected chi connectivity index (χ4v) is 7.94. The standard InChI is InChI=1S/C32H50N4O3/c1-5-6-7-27-22-35(21-26-9-19-39-23-26)28(37)20-32(27)12-17-36(18-13-32)31(4)10-15-34(16-11-31)30(38)29-24(2)8-14-33-25(29)3/h8,14,26-27H,5-7,9-13,15-23H2,1-4H3. The second kappa shape index (κ2) is 11.9. The predicted molar refractivity (Wildman–Crippen MR) is 154 cm³/mol. The lowest BCUT2D eigenvalue weighted by molar-refractivity contribution is -0.147. The molecule has 7 nitrogen and oxygen atoms in total. The molecule has 2 atom stereocenters. The maximum atomic E-state index is 13.4.